The first-order valence-electron chi connectivity index (χ1n) is 5.83. The van der Waals surface area contributed by atoms with Crippen molar-refractivity contribution in [1.82, 2.24) is 0 Å². The standard InChI is InChI=1S/C16H14N.BrH/c1-2-6-14(7-3-1)12-17-11-10-15-8-4-5-9-16(15)13-17;/h1-11,13H,12H2;1H/q+1;/p-1. The molecule has 3 rings (SSSR count). The maximum absolute atomic E-state index is 2.22. The smallest absolute Gasteiger partial charge is 0.176 e. The molecule has 0 N–H and O–H groups in total. The molecular formula is C16H14BrN. The molecule has 18 heavy (non-hydrogen) atoms. The number of halogens is 1. The van der Waals surface area contributed by atoms with Crippen molar-refractivity contribution < 1.29 is 21.5 Å². The van der Waals surface area contributed by atoms with E-state index in [0.717, 1.165) is 6.54 Å². The molecule has 0 fully saturated rings. The van der Waals surface area contributed by atoms with Gasteiger partial charge in [-0.3, -0.25) is 0 Å². The van der Waals surface area contributed by atoms with E-state index >= 15 is 0 Å². The van der Waals surface area contributed by atoms with E-state index in [0.29, 0.717) is 0 Å². The van der Waals surface area contributed by atoms with Gasteiger partial charge in [0.25, 0.3) is 0 Å². The zero-order valence-corrected chi connectivity index (χ0v) is 11.5. The molecule has 1 nitrogen and oxygen atoms in total. The topological polar surface area (TPSA) is 3.88 Å². The first-order chi connectivity index (χ1) is 8.42. The number of rotatable bonds is 2. The highest BCUT2D eigenvalue weighted by Gasteiger charge is 2.03. The number of aromatic nitrogens is 1. The molecule has 0 saturated heterocycles. The van der Waals surface area contributed by atoms with Crippen molar-refractivity contribution in [2.75, 3.05) is 0 Å². The second kappa shape index (κ2) is 5.78. The van der Waals surface area contributed by atoms with Gasteiger partial charge in [-0.2, -0.15) is 0 Å². The number of pyridine rings is 1. The molecule has 0 aliphatic rings. The molecule has 1 heterocycles. The summed E-state index contributed by atoms with van der Waals surface area (Å²) in [7, 11) is 0. The fourth-order valence-electron chi connectivity index (χ4n) is 2.07. The van der Waals surface area contributed by atoms with Crippen LogP contribution in [-0.4, -0.2) is 0 Å². The highest BCUT2D eigenvalue weighted by molar-refractivity contribution is 5.80. The lowest BCUT2D eigenvalue weighted by atomic mass is 10.1. The van der Waals surface area contributed by atoms with Crippen LogP contribution in [0.1, 0.15) is 5.56 Å². The van der Waals surface area contributed by atoms with Gasteiger partial charge in [-0.1, -0.05) is 48.5 Å². The fraction of sp³-hybridized carbons (Fsp3) is 0.0625. The van der Waals surface area contributed by atoms with Gasteiger partial charge in [0.1, 0.15) is 0 Å². The van der Waals surface area contributed by atoms with E-state index in [9.17, 15) is 0 Å². The van der Waals surface area contributed by atoms with Gasteiger partial charge >= 0.3 is 0 Å². The molecule has 90 valence electrons. The largest absolute Gasteiger partial charge is 1.00 e. The third kappa shape index (κ3) is 2.77. The summed E-state index contributed by atoms with van der Waals surface area (Å²) in [5.74, 6) is 0. The van der Waals surface area contributed by atoms with Gasteiger partial charge in [-0.15, -0.1) is 0 Å². The lowest BCUT2D eigenvalue weighted by molar-refractivity contribution is -0.687. The summed E-state index contributed by atoms with van der Waals surface area (Å²) < 4.78 is 2.22. The molecule has 2 heteroatoms. The molecule has 0 aliphatic heterocycles. The number of benzene rings is 2. The van der Waals surface area contributed by atoms with Crippen molar-refractivity contribution in [3.05, 3.63) is 78.6 Å². The number of hydrogen-bond donors (Lipinski definition) is 0. The van der Waals surface area contributed by atoms with Crippen LogP contribution in [0.25, 0.3) is 10.8 Å². The summed E-state index contributed by atoms with van der Waals surface area (Å²) in [5, 5.41) is 2.57. The van der Waals surface area contributed by atoms with Crippen molar-refractivity contribution >= 4 is 10.8 Å². The molecule has 2 aromatic carbocycles. The summed E-state index contributed by atoms with van der Waals surface area (Å²) in [4.78, 5) is 0. The quantitative estimate of drug-likeness (QED) is 0.595. The molecule has 0 saturated carbocycles. The van der Waals surface area contributed by atoms with Crippen LogP contribution in [0.15, 0.2) is 73.1 Å². The van der Waals surface area contributed by atoms with E-state index < -0.39 is 0 Å². The van der Waals surface area contributed by atoms with E-state index in [1.807, 2.05) is 0 Å². The third-order valence-electron chi connectivity index (χ3n) is 2.95. The second-order valence-corrected chi connectivity index (χ2v) is 4.23. The van der Waals surface area contributed by atoms with Gasteiger partial charge in [0.05, 0.1) is 0 Å². The lowest BCUT2D eigenvalue weighted by Crippen LogP contribution is -3.00. The summed E-state index contributed by atoms with van der Waals surface area (Å²) in [6.07, 6.45) is 4.33. The Morgan fingerprint density at radius 3 is 2.17 bits per heavy atom. The van der Waals surface area contributed by atoms with Crippen molar-refractivity contribution in [2.45, 2.75) is 6.54 Å². The Morgan fingerprint density at radius 1 is 0.722 bits per heavy atom. The summed E-state index contributed by atoms with van der Waals surface area (Å²) in [6.45, 7) is 0.922. The lowest BCUT2D eigenvalue weighted by Gasteiger charge is -1.99. The van der Waals surface area contributed by atoms with Gasteiger partial charge in [-0.05, 0) is 11.5 Å². The normalized spacial score (nSPS) is 10.0. The van der Waals surface area contributed by atoms with E-state index in [4.69, 9.17) is 0 Å². The molecule has 1 aromatic heterocycles. The highest BCUT2D eigenvalue weighted by Crippen LogP contribution is 2.10. The molecule has 0 bridgehead atoms. The highest BCUT2D eigenvalue weighted by atomic mass is 79.9. The first kappa shape index (κ1) is 12.8. The average molecular weight is 300 g/mol. The Balaban J connectivity index is 0.00000120. The Labute approximate surface area is 117 Å². The number of nitrogens with zero attached hydrogens (tertiary/aromatic N) is 1. The summed E-state index contributed by atoms with van der Waals surface area (Å²) in [6, 6.07) is 21.1. The fourth-order valence-corrected chi connectivity index (χ4v) is 2.07. The van der Waals surface area contributed by atoms with Crippen LogP contribution in [-0.2, 0) is 6.54 Å². The summed E-state index contributed by atoms with van der Waals surface area (Å²) in [5.41, 5.74) is 1.33. The van der Waals surface area contributed by atoms with Crippen LogP contribution >= 0.6 is 0 Å². The van der Waals surface area contributed by atoms with Crippen molar-refractivity contribution in [2.24, 2.45) is 0 Å². The van der Waals surface area contributed by atoms with Crippen LogP contribution in [0.2, 0.25) is 0 Å². The Hall–Kier alpha value is -1.67. The van der Waals surface area contributed by atoms with Crippen LogP contribution in [0, 0.1) is 0 Å². The molecule has 0 unspecified atom stereocenters. The van der Waals surface area contributed by atoms with Crippen LogP contribution in [0.3, 0.4) is 0 Å². The molecule has 0 atom stereocenters. The van der Waals surface area contributed by atoms with Gasteiger partial charge in [0, 0.05) is 17.0 Å². The van der Waals surface area contributed by atoms with Gasteiger partial charge in [0.15, 0.2) is 18.9 Å². The van der Waals surface area contributed by atoms with E-state index in [2.05, 4.69) is 77.6 Å². The predicted molar refractivity (Wildman–Crippen MR) is 69.7 cm³/mol. The first-order valence-corrected chi connectivity index (χ1v) is 5.83. The maximum Gasteiger partial charge on any atom is 0.176 e. The molecule has 0 spiro atoms. The van der Waals surface area contributed by atoms with Gasteiger partial charge < -0.3 is 17.0 Å². The van der Waals surface area contributed by atoms with Crippen molar-refractivity contribution in [1.29, 1.82) is 0 Å². The molecule has 0 amide bonds. The van der Waals surface area contributed by atoms with Crippen LogP contribution < -0.4 is 21.5 Å². The van der Waals surface area contributed by atoms with E-state index in [1.165, 1.54) is 16.3 Å². The van der Waals surface area contributed by atoms with Crippen molar-refractivity contribution in [3.63, 3.8) is 0 Å². The Kier molecular flexibility index (Phi) is 4.11. The Bertz CT molecular complexity index is 635. The predicted octanol–water partition coefficient (Wildman–Crippen LogP) is 0.180. The molecule has 3 aromatic rings. The van der Waals surface area contributed by atoms with Crippen LogP contribution in [0.5, 0.6) is 0 Å². The minimum Gasteiger partial charge on any atom is -1.00 e. The minimum atomic E-state index is 0. The zero-order valence-electron chi connectivity index (χ0n) is 9.96. The SMILES string of the molecule is [Br-].c1ccc(C[n+]2ccc3ccccc3c2)cc1. The molecule has 0 aliphatic carbocycles. The van der Waals surface area contributed by atoms with E-state index in [1.54, 1.807) is 0 Å². The molecular weight excluding hydrogens is 286 g/mol. The maximum atomic E-state index is 2.22. The van der Waals surface area contributed by atoms with E-state index in [-0.39, 0.29) is 17.0 Å². The second-order valence-electron chi connectivity index (χ2n) is 4.23. The average Bonchev–Trinajstić information content (AvgIpc) is 2.40. The van der Waals surface area contributed by atoms with Gasteiger partial charge in [-0.25, -0.2) is 4.57 Å². The third-order valence-corrected chi connectivity index (χ3v) is 2.95. The minimum absolute atomic E-state index is 0. The Morgan fingerprint density at radius 2 is 1.39 bits per heavy atom. The number of hydrogen-bond acceptors (Lipinski definition) is 0. The zero-order chi connectivity index (χ0) is 11.5. The van der Waals surface area contributed by atoms with Crippen LogP contribution in [0.4, 0.5) is 0 Å². The number of fused-ring (bicyclic) bond motifs is 1. The molecule has 0 radical (unpaired) electrons. The van der Waals surface area contributed by atoms with Gasteiger partial charge in [0.2, 0.25) is 0 Å². The van der Waals surface area contributed by atoms with Crippen molar-refractivity contribution in [3.8, 4) is 0 Å². The summed E-state index contributed by atoms with van der Waals surface area (Å²) >= 11 is 0. The monoisotopic (exact) mass is 299 g/mol.